The summed E-state index contributed by atoms with van der Waals surface area (Å²) < 4.78 is 35.5. The van der Waals surface area contributed by atoms with Gasteiger partial charge in [0, 0.05) is 18.7 Å². The van der Waals surface area contributed by atoms with Gasteiger partial charge < -0.3 is 14.7 Å². The van der Waals surface area contributed by atoms with Crippen LogP contribution in [0.25, 0.3) is 22.3 Å². The van der Waals surface area contributed by atoms with Gasteiger partial charge in [-0.05, 0) is 31.0 Å². The van der Waals surface area contributed by atoms with Crippen molar-refractivity contribution in [3.8, 4) is 17.0 Å². The summed E-state index contributed by atoms with van der Waals surface area (Å²) in [5.74, 6) is -3.01. The lowest BCUT2D eigenvalue weighted by Crippen LogP contribution is -2.36. The van der Waals surface area contributed by atoms with Gasteiger partial charge in [0.15, 0.2) is 17.4 Å². The van der Waals surface area contributed by atoms with Crippen LogP contribution in [0.15, 0.2) is 36.8 Å². The fourth-order valence-electron chi connectivity index (χ4n) is 4.06. The predicted molar refractivity (Wildman–Crippen MR) is 117 cm³/mol. The van der Waals surface area contributed by atoms with Gasteiger partial charge >= 0.3 is 5.97 Å². The van der Waals surface area contributed by atoms with Crippen molar-refractivity contribution in [2.45, 2.75) is 18.9 Å². The Balaban J connectivity index is 1.36. The molecule has 0 unspecified atom stereocenters. The van der Waals surface area contributed by atoms with E-state index in [4.69, 9.17) is 9.84 Å². The second kappa shape index (κ2) is 8.61. The van der Waals surface area contributed by atoms with Crippen molar-refractivity contribution in [1.82, 2.24) is 29.9 Å². The van der Waals surface area contributed by atoms with Crippen LogP contribution < -0.4 is 9.64 Å². The molecule has 34 heavy (non-hydrogen) atoms. The average molecular weight is 467 g/mol. The number of aromatic nitrogens is 6. The van der Waals surface area contributed by atoms with Crippen molar-refractivity contribution in [2.24, 2.45) is 0 Å². The number of halogens is 2. The fraction of sp³-hybridized carbons (Fsp3) is 0.273. The summed E-state index contributed by atoms with van der Waals surface area (Å²) in [4.78, 5) is 26.0. The number of ether oxygens (including phenoxy) is 1. The molecule has 10 nitrogen and oxygen atoms in total. The lowest BCUT2D eigenvalue weighted by molar-refractivity contribution is 0.0690. The standard InChI is InChI=1S/C22H19F2N7O3/c1-34-13-9-26-22(27-10-13)30-6-4-12(5-7-30)31-18-11-25-16(8-17(18)28-29-31)14-2-3-15(21(32)33)20(24)19(14)23/h2-3,8-12H,4-7H2,1H3,(H,32,33). The molecule has 0 spiro atoms. The van der Waals surface area contributed by atoms with E-state index in [1.165, 1.54) is 18.3 Å². The number of carboxylic acid groups (broad SMARTS) is 1. The molecule has 0 atom stereocenters. The number of hydrogen-bond donors (Lipinski definition) is 1. The zero-order valence-electron chi connectivity index (χ0n) is 18.0. The molecule has 1 aliphatic heterocycles. The first-order valence-corrected chi connectivity index (χ1v) is 10.5. The lowest BCUT2D eigenvalue weighted by Gasteiger charge is -2.31. The van der Waals surface area contributed by atoms with E-state index in [-0.39, 0.29) is 17.3 Å². The minimum absolute atomic E-state index is 0.0798. The van der Waals surface area contributed by atoms with Crippen LogP contribution in [0, 0.1) is 11.6 Å². The van der Waals surface area contributed by atoms with E-state index < -0.39 is 23.2 Å². The SMILES string of the molecule is COc1cnc(N2CCC(n3nnc4cc(-c5ccc(C(=O)O)c(F)c5F)ncc43)CC2)nc1. The second-order valence-electron chi connectivity index (χ2n) is 7.83. The van der Waals surface area contributed by atoms with Crippen LogP contribution in [0.3, 0.4) is 0 Å². The number of nitrogens with zero attached hydrogens (tertiary/aromatic N) is 7. The van der Waals surface area contributed by atoms with Crippen LogP contribution in [0.2, 0.25) is 0 Å². The van der Waals surface area contributed by atoms with Gasteiger partial charge in [-0.15, -0.1) is 5.10 Å². The Morgan fingerprint density at radius 3 is 2.50 bits per heavy atom. The Bertz CT molecular complexity index is 1370. The minimum Gasteiger partial charge on any atom is -0.494 e. The monoisotopic (exact) mass is 467 g/mol. The highest BCUT2D eigenvalue weighted by atomic mass is 19.2. The molecule has 0 saturated carbocycles. The highest BCUT2D eigenvalue weighted by Crippen LogP contribution is 2.30. The van der Waals surface area contributed by atoms with Gasteiger partial charge in [-0.25, -0.2) is 28.2 Å². The van der Waals surface area contributed by atoms with E-state index in [0.717, 1.165) is 32.0 Å². The summed E-state index contributed by atoms with van der Waals surface area (Å²) in [5.41, 5.74) is 0.407. The van der Waals surface area contributed by atoms with E-state index in [9.17, 15) is 13.6 Å². The van der Waals surface area contributed by atoms with Gasteiger partial charge in [0.2, 0.25) is 5.95 Å². The first-order valence-electron chi connectivity index (χ1n) is 10.5. The normalized spacial score (nSPS) is 14.5. The molecular formula is C22H19F2N7O3. The molecule has 4 heterocycles. The summed E-state index contributed by atoms with van der Waals surface area (Å²) in [6.07, 6.45) is 6.35. The van der Waals surface area contributed by atoms with E-state index in [2.05, 4.69) is 30.2 Å². The Hall–Kier alpha value is -4.22. The highest BCUT2D eigenvalue weighted by molar-refractivity contribution is 5.89. The third-order valence-corrected chi connectivity index (χ3v) is 5.89. The van der Waals surface area contributed by atoms with Crippen molar-refractivity contribution in [3.63, 3.8) is 0 Å². The van der Waals surface area contributed by atoms with Crippen molar-refractivity contribution in [2.75, 3.05) is 25.1 Å². The smallest absolute Gasteiger partial charge is 0.338 e. The molecule has 174 valence electrons. The van der Waals surface area contributed by atoms with Crippen LogP contribution in [-0.4, -0.2) is 61.2 Å². The number of rotatable bonds is 5. The molecular weight excluding hydrogens is 448 g/mol. The van der Waals surface area contributed by atoms with Gasteiger partial charge in [0.25, 0.3) is 0 Å². The Kier molecular flexibility index (Phi) is 5.48. The number of carboxylic acids is 1. The molecule has 0 aliphatic carbocycles. The van der Waals surface area contributed by atoms with Crippen LogP contribution >= 0.6 is 0 Å². The Morgan fingerprint density at radius 1 is 1.09 bits per heavy atom. The Morgan fingerprint density at radius 2 is 1.82 bits per heavy atom. The van der Waals surface area contributed by atoms with E-state index >= 15 is 0 Å². The molecule has 0 radical (unpaired) electrons. The Labute approximate surface area is 191 Å². The number of benzene rings is 1. The zero-order valence-corrected chi connectivity index (χ0v) is 18.0. The highest BCUT2D eigenvalue weighted by Gasteiger charge is 2.25. The lowest BCUT2D eigenvalue weighted by atomic mass is 10.0. The largest absolute Gasteiger partial charge is 0.494 e. The maximum absolute atomic E-state index is 14.5. The summed E-state index contributed by atoms with van der Waals surface area (Å²) in [6, 6.07) is 3.80. The van der Waals surface area contributed by atoms with Crippen molar-refractivity contribution >= 4 is 23.0 Å². The first-order chi connectivity index (χ1) is 16.5. The maximum Gasteiger partial charge on any atom is 0.338 e. The van der Waals surface area contributed by atoms with E-state index in [1.807, 2.05) is 0 Å². The van der Waals surface area contributed by atoms with Crippen LogP contribution in [0.5, 0.6) is 5.75 Å². The maximum atomic E-state index is 14.5. The van der Waals surface area contributed by atoms with Gasteiger partial charge in [-0.2, -0.15) is 0 Å². The molecule has 3 aromatic heterocycles. The number of fused-ring (bicyclic) bond motifs is 1. The van der Waals surface area contributed by atoms with Gasteiger partial charge in [0.1, 0.15) is 11.0 Å². The average Bonchev–Trinajstić information content (AvgIpc) is 3.29. The van der Waals surface area contributed by atoms with Crippen molar-refractivity contribution < 1.29 is 23.4 Å². The molecule has 4 aromatic rings. The number of aromatic carboxylic acids is 1. The molecule has 1 saturated heterocycles. The molecule has 1 N–H and O–H groups in total. The number of methoxy groups -OCH3 is 1. The van der Waals surface area contributed by atoms with Gasteiger partial charge in [0.05, 0.1) is 43.0 Å². The number of carbonyl (C=O) groups is 1. The van der Waals surface area contributed by atoms with E-state index in [1.54, 1.807) is 24.2 Å². The molecule has 0 amide bonds. The molecule has 0 bridgehead atoms. The van der Waals surface area contributed by atoms with Crippen molar-refractivity contribution in [1.29, 1.82) is 0 Å². The van der Waals surface area contributed by atoms with Crippen molar-refractivity contribution in [3.05, 3.63) is 54.0 Å². The molecule has 1 aliphatic rings. The molecule has 1 aromatic carbocycles. The number of piperidine rings is 1. The van der Waals surface area contributed by atoms with Crippen LogP contribution in [0.1, 0.15) is 29.2 Å². The predicted octanol–water partition coefficient (Wildman–Crippen LogP) is 3.11. The van der Waals surface area contributed by atoms with Crippen LogP contribution in [0.4, 0.5) is 14.7 Å². The van der Waals surface area contributed by atoms with E-state index in [0.29, 0.717) is 22.7 Å². The number of anilines is 1. The molecule has 1 fully saturated rings. The summed E-state index contributed by atoms with van der Waals surface area (Å²) >= 11 is 0. The first kappa shape index (κ1) is 21.6. The fourth-order valence-corrected chi connectivity index (χ4v) is 4.06. The summed E-state index contributed by atoms with van der Waals surface area (Å²) in [7, 11) is 1.56. The zero-order chi connectivity index (χ0) is 23.8. The third kappa shape index (κ3) is 3.76. The van der Waals surface area contributed by atoms with Gasteiger partial charge in [-0.3, -0.25) is 4.98 Å². The van der Waals surface area contributed by atoms with Gasteiger partial charge in [-0.1, -0.05) is 5.21 Å². The number of hydrogen-bond acceptors (Lipinski definition) is 8. The second-order valence-corrected chi connectivity index (χ2v) is 7.83. The third-order valence-electron chi connectivity index (χ3n) is 5.89. The molecule has 5 rings (SSSR count). The topological polar surface area (TPSA) is 119 Å². The summed E-state index contributed by atoms with van der Waals surface area (Å²) in [5, 5.41) is 17.4. The summed E-state index contributed by atoms with van der Waals surface area (Å²) in [6.45, 7) is 1.45. The molecule has 12 heteroatoms. The quantitative estimate of drug-likeness (QED) is 0.472. The van der Waals surface area contributed by atoms with Crippen LogP contribution in [-0.2, 0) is 0 Å². The minimum atomic E-state index is -1.54. The number of pyridine rings is 1.